The van der Waals surface area contributed by atoms with Crippen molar-refractivity contribution in [2.45, 2.75) is 56.5 Å². The second kappa shape index (κ2) is 9.24. The molecule has 182 valence electrons. The Balaban J connectivity index is 1.27. The Labute approximate surface area is 209 Å². The lowest BCUT2D eigenvalue weighted by atomic mass is 9.86. The summed E-state index contributed by atoms with van der Waals surface area (Å²) in [6.45, 7) is 2.82. The van der Waals surface area contributed by atoms with Crippen LogP contribution < -0.4 is 25.6 Å². The number of amides is 3. The lowest BCUT2D eigenvalue weighted by Gasteiger charge is -2.46. The molecule has 0 aromatic heterocycles. The summed E-state index contributed by atoms with van der Waals surface area (Å²) in [7, 11) is 0. The van der Waals surface area contributed by atoms with E-state index in [1.807, 2.05) is 60.4 Å². The Morgan fingerprint density at radius 2 is 1.89 bits per heavy atom. The predicted molar refractivity (Wildman–Crippen MR) is 137 cm³/mol. The summed E-state index contributed by atoms with van der Waals surface area (Å²) in [5, 5.41) is 9.96. The molecule has 2 saturated heterocycles. The van der Waals surface area contributed by atoms with Gasteiger partial charge in [-0.3, -0.25) is 9.69 Å². The van der Waals surface area contributed by atoms with Gasteiger partial charge in [0.15, 0.2) is 0 Å². The van der Waals surface area contributed by atoms with E-state index >= 15 is 0 Å². The minimum absolute atomic E-state index is 0.00567. The molecule has 3 unspecified atom stereocenters. The van der Waals surface area contributed by atoms with E-state index in [1.165, 1.54) is 12.8 Å². The molecule has 3 fully saturated rings. The van der Waals surface area contributed by atoms with Gasteiger partial charge in [0.25, 0.3) is 5.91 Å². The van der Waals surface area contributed by atoms with E-state index in [1.54, 1.807) is 11.8 Å². The number of rotatable bonds is 5. The van der Waals surface area contributed by atoms with E-state index in [0.717, 1.165) is 54.3 Å². The highest BCUT2D eigenvalue weighted by Gasteiger charge is 2.52. The first kappa shape index (κ1) is 22.5. The first-order valence-corrected chi connectivity index (χ1v) is 13.4. The van der Waals surface area contributed by atoms with E-state index in [0.29, 0.717) is 4.91 Å². The van der Waals surface area contributed by atoms with E-state index < -0.39 is 0 Å². The largest absolute Gasteiger partial charge is 0.457 e. The van der Waals surface area contributed by atoms with Gasteiger partial charge in [0.2, 0.25) is 0 Å². The average molecular weight is 491 g/mol. The Morgan fingerprint density at radius 1 is 1.09 bits per heavy atom. The number of thioether (sulfide) groups is 1. The maximum Gasteiger partial charge on any atom is 0.326 e. The van der Waals surface area contributed by atoms with Gasteiger partial charge in [0.1, 0.15) is 11.5 Å². The molecular formula is C27H30N4O3S. The predicted octanol–water partition coefficient (Wildman–Crippen LogP) is 4.64. The van der Waals surface area contributed by atoms with Crippen LogP contribution in [-0.4, -0.2) is 35.9 Å². The lowest BCUT2D eigenvalue weighted by Crippen LogP contribution is -2.62. The molecule has 3 heterocycles. The molecule has 4 aliphatic rings. The number of hydrogen-bond donors (Lipinski definition) is 3. The first-order valence-electron chi connectivity index (χ1n) is 12.5. The SMILES string of the molecule is Cc1cc(Oc2ccccc2)ccc1N1C(=O)NC2=C(C(=O)NC3CCCC3)SC3NCCC1C23. The number of benzene rings is 2. The van der Waals surface area contributed by atoms with Crippen LogP contribution in [0, 0.1) is 12.8 Å². The number of para-hydroxylation sites is 1. The van der Waals surface area contributed by atoms with Crippen LogP contribution in [0.1, 0.15) is 37.7 Å². The number of carbonyl (C=O) groups is 2. The van der Waals surface area contributed by atoms with Crippen LogP contribution in [-0.2, 0) is 4.79 Å². The van der Waals surface area contributed by atoms with Crippen LogP contribution in [0.15, 0.2) is 59.1 Å². The van der Waals surface area contributed by atoms with Crippen LogP contribution in [0.3, 0.4) is 0 Å². The van der Waals surface area contributed by atoms with Crippen molar-refractivity contribution < 1.29 is 14.3 Å². The van der Waals surface area contributed by atoms with Gasteiger partial charge in [0, 0.05) is 23.3 Å². The van der Waals surface area contributed by atoms with Crippen LogP contribution >= 0.6 is 11.8 Å². The molecular weight excluding hydrogens is 460 g/mol. The van der Waals surface area contributed by atoms with E-state index in [9.17, 15) is 9.59 Å². The highest BCUT2D eigenvalue weighted by atomic mass is 32.2. The van der Waals surface area contributed by atoms with Gasteiger partial charge in [-0.1, -0.05) is 42.8 Å². The number of aryl methyl sites for hydroxylation is 1. The van der Waals surface area contributed by atoms with Crippen molar-refractivity contribution in [1.82, 2.24) is 16.0 Å². The molecule has 3 amide bonds. The molecule has 2 aromatic rings. The van der Waals surface area contributed by atoms with Crippen LogP contribution in [0.5, 0.6) is 11.5 Å². The van der Waals surface area contributed by atoms with Crippen LogP contribution in [0.25, 0.3) is 0 Å². The smallest absolute Gasteiger partial charge is 0.326 e. The van der Waals surface area contributed by atoms with Crippen molar-refractivity contribution in [3.8, 4) is 11.5 Å². The van der Waals surface area contributed by atoms with Crippen molar-refractivity contribution in [3.05, 3.63) is 64.7 Å². The fraction of sp³-hybridized carbons (Fsp3) is 0.407. The third-order valence-corrected chi connectivity index (χ3v) is 8.80. The zero-order valence-electron chi connectivity index (χ0n) is 19.8. The van der Waals surface area contributed by atoms with E-state index in [2.05, 4.69) is 16.0 Å². The number of anilines is 1. The number of piperidine rings is 1. The van der Waals surface area contributed by atoms with Crippen molar-refractivity contribution >= 4 is 29.4 Å². The normalized spacial score (nSPS) is 25.9. The monoisotopic (exact) mass is 490 g/mol. The summed E-state index contributed by atoms with van der Waals surface area (Å²) >= 11 is 1.56. The molecule has 0 bridgehead atoms. The Hall–Kier alpha value is -2.97. The molecule has 3 N–H and O–H groups in total. The van der Waals surface area contributed by atoms with Gasteiger partial charge < -0.3 is 20.7 Å². The van der Waals surface area contributed by atoms with Crippen molar-refractivity contribution in [1.29, 1.82) is 0 Å². The number of nitrogens with one attached hydrogen (secondary N) is 3. The maximum atomic E-state index is 13.5. The highest BCUT2D eigenvalue weighted by Crippen LogP contribution is 2.48. The summed E-state index contributed by atoms with van der Waals surface area (Å²) in [5.41, 5.74) is 2.64. The Kier molecular flexibility index (Phi) is 5.94. The Morgan fingerprint density at radius 3 is 2.66 bits per heavy atom. The molecule has 3 aliphatic heterocycles. The van der Waals surface area contributed by atoms with Gasteiger partial charge in [-0.25, -0.2) is 4.79 Å². The summed E-state index contributed by atoms with van der Waals surface area (Å²) in [5.74, 6) is 1.52. The van der Waals surface area contributed by atoms with E-state index in [4.69, 9.17) is 4.74 Å². The maximum absolute atomic E-state index is 13.5. The van der Waals surface area contributed by atoms with Crippen molar-refractivity contribution in [3.63, 3.8) is 0 Å². The minimum atomic E-state index is -0.171. The van der Waals surface area contributed by atoms with Gasteiger partial charge in [0.05, 0.1) is 16.3 Å². The molecule has 0 spiro atoms. The zero-order chi connectivity index (χ0) is 23.9. The molecule has 6 rings (SSSR count). The summed E-state index contributed by atoms with van der Waals surface area (Å²) in [6, 6.07) is 15.6. The zero-order valence-corrected chi connectivity index (χ0v) is 20.6. The van der Waals surface area contributed by atoms with Gasteiger partial charge in [-0.15, -0.1) is 0 Å². The van der Waals surface area contributed by atoms with Crippen LogP contribution in [0.4, 0.5) is 10.5 Å². The fourth-order valence-electron chi connectivity index (χ4n) is 5.81. The Bertz CT molecular complexity index is 1180. The van der Waals surface area contributed by atoms with Crippen molar-refractivity contribution in [2.75, 3.05) is 11.4 Å². The molecule has 7 nitrogen and oxygen atoms in total. The quantitative estimate of drug-likeness (QED) is 0.569. The summed E-state index contributed by atoms with van der Waals surface area (Å²) in [6.07, 6.45) is 5.24. The minimum Gasteiger partial charge on any atom is -0.457 e. The van der Waals surface area contributed by atoms with Crippen LogP contribution in [0.2, 0.25) is 0 Å². The molecule has 8 heteroatoms. The molecule has 1 saturated carbocycles. The van der Waals surface area contributed by atoms with Gasteiger partial charge >= 0.3 is 6.03 Å². The number of ether oxygens (including phenoxy) is 1. The number of nitrogens with zero attached hydrogens (tertiary/aromatic N) is 1. The number of hydrogen-bond acceptors (Lipinski definition) is 5. The fourth-order valence-corrected chi connectivity index (χ4v) is 7.21. The summed E-state index contributed by atoms with van der Waals surface area (Å²) in [4.78, 5) is 29.2. The molecule has 1 aliphatic carbocycles. The topological polar surface area (TPSA) is 82.7 Å². The second-order valence-electron chi connectivity index (χ2n) is 9.74. The van der Waals surface area contributed by atoms with Gasteiger partial charge in [-0.2, -0.15) is 0 Å². The van der Waals surface area contributed by atoms with Gasteiger partial charge in [-0.05, 0) is 68.6 Å². The molecule has 2 aromatic carbocycles. The standard InChI is InChI=1S/C27H30N4O3S/c1-16-15-19(34-18-9-3-2-4-10-18)11-12-20(16)31-21-13-14-28-26-22(21)23(30-27(31)33)24(35-26)25(32)29-17-7-5-6-8-17/h2-4,9-12,15,17,21-22,26,28H,5-8,13-14H2,1H3,(H,29,32)(H,30,33). The number of carbonyl (C=O) groups excluding carboxylic acids is 2. The molecule has 35 heavy (non-hydrogen) atoms. The lowest BCUT2D eigenvalue weighted by molar-refractivity contribution is -0.117. The molecule has 0 radical (unpaired) electrons. The molecule has 3 atom stereocenters. The first-order chi connectivity index (χ1) is 17.1. The number of urea groups is 1. The summed E-state index contributed by atoms with van der Waals surface area (Å²) < 4.78 is 5.99. The third-order valence-electron chi connectivity index (χ3n) is 7.44. The highest BCUT2D eigenvalue weighted by molar-refractivity contribution is 8.04. The van der Waals surface area contributed by atoms with Crippen molar-refractivity contribution in [2.24, 2.45) is 5.92 Å². The third kappa shape index (κ3) is 4.19. The average Bonchev–Trinajstić information content (AvgIpc) is 3.50. The van der Waals surface area contributed by atoms with E-state index in [-0.39, 0.29) is 35.3 Å². The second-order valence-corrected chi connectivity index (χ2v) is 10.9.